The molecule has 1 saturated heterocycles. The molecule has 6 nitrogen and oxygen atoms in total. The molecule has 3 heterocycles. The van der Waals surface area contributed by atoms with Gasteiger partial charge < -0.3 is 8.83 Å². The van der Waals surface area contributed by atoms with E-state index in [2.05, 4.69) is 22.8 Å². The molecule has 4 aromatic rings. The fourth-order valence-electron chi connectivity index (χ4n) is 4.51. The summed E-state index contributed by atoms with van der Waals surface area (Å²) < 4.78 is 11.3. The zero-order valence-electron chi connectivity index (χ0n) is 19.5. The number of nitrogens with zero attached hydrogens (tertiary/aromatic N) is 3. The van der Waals surface area contributed by atoms with Crippen molar-refractivity contribution in [1.29, 1.82) is 0 Å². The SMILES string of the molecule is CCc1ccc2oc(=O)cc(CN3CCN(Cc4nc(-c5ccccc5Cl)oc4C)CC3)c2c1. The largest absolute Gasteiger partial charge is 0.441 e. The normalized spacial score (nSPS) is 15.3. The van der Waals surface area contributed by atoms with Crippen molar-refractivity contribution in [1.82, 2.24) is 14.8 Å². The molecule has 1 aliphatic heterocycles. The van der Waals surface area contributed by atoms with Gasteiger partial charge in [-0.2, -0.15) is 0 Å². The molecule has 7 heteroatoms. The first-order valence-corrected chi connectivity index (χ1v) is 12.1. The summed E-state index contributed by atoms with van der Waals surface area (Å²) in [5.41, 5.74) is 4.41. The highest BCUT2D eigenvalue weighted by Crippen LogP contribution is 2.29. The minimum Gasteiger partial charge on any atom is -0.441 e. The fraction of sp³-hybridized carbons (Fsp3) is 0.333. The lowest BCUT2D eigenvalue weighted by Gasteiger charge is -2.34. The van der Waals surface area contributed by atoms with Gasteiger partial charge in [-0.15, -0.1) is 0 Å². The van der Waals surface area contributed by atoms with E-state index in [1.165, 1.54) is 5.56 Å². The molecular weight excluding hydrogens is 450 g/mol. The van der Waals surface area contributed by atoms with Crippen LogP contribution >= 0.6 is 11.6 Å². The third-order valence-electron chi connectivity index (χ3n) is 6.53. The minimum absolute atomic E-state index is 0.291. The zero-order valence-corrected chi connectivity index (χ0v) is 20.3. The average molecular weight is 478 g/mol. The Bertz CT molecular complexity index is 1370. The number of hydrogen-bond donors (Lipinski definition) is 0. The number of oxazole rings is 1. The Balaban J connectivity index is 1.25. The van der Waals surface area contributed by atoms with Crippen LogP contribution in [0.3, 0.4) is 0 Å². The van der Waals surface area contributed by atoms with Crippen molar-refractivity contribution >= 4 is 22.6 Å². The van der Waals surface area contributed by atoms with E-state index in [-0.39, 0.29) is 5.63 Å². The number of fused-ring (bicyclic) bond motifs is 1. The molecule has 0 radical (unpaired) electrons. The van der Waals surface area contributed by atoms with Gasteiger partial charge >= 0.3 is 5.63 Å². The van der Waals surface area contributed by atoms with Crippen molar-refractivity contribution in [2.24, 2.45) is 0 Å². The second-order valence-electron chi connectivity index (χ2n) is 8.83. The maximum atomic E-state index is 12.1. The topological polar surface area (TPSA) is 62.7 Å². The van der Waals surface area contributed by atoms with Gasteiger partial charge in [-0.1, -0.05) is 36.7 Å². The van der Waals surface area contributed by atoms with Gasteiger partial charge in [-0.25, -0.2) is 9.78 Å². The number of aryl methyl sites for hydroxylation is 2. The molecule has 5 rings (SSSR count). The van der Waals surface area contributed by atoms with Gasteiger partial charge in [0.1, 0.15) is 11.3 Å². The van der Waals surface area contributed by atoms with Crippen molar-refractivity contribution < 1.29 is 8.83 Å². The summed E-state index contributed by atoms with van der Waals surface area (Å²) in [4.78, 5) is 21.6. The third kappa shape index (κ3) is 4.80. The number of benzene rings is 2. The molecule has 0 atom stereocenters. The predicted molar refractivity (Wildman–Crippen MR) is 134 cm³/mol. The lowest BCUT2D eigenvalue weighted by atomic mass is 10.0. The zero-order chi connectivity index (χ0) is 23.7. The molecule has 0 N–H and O–H groups in total. The van der Waals surface area contributed by atoms with E-state index in [1.807, 2.05) is 43.3 Å². The summed E-state index contributed by atoms with van der Waals surface area (Å²) in [6, 6.07) is 15.3. The van der Waals surface area contributed by atoms with Crippen molar-refractivity contribution in [2.75, 3.05) is 26.2 Å². The van der Waals surface area contributed by atoms with Crippen LogP contribution in [0.15, 0.2) is 62.2 Å². The second kappa shape index (κ2) is 9.74. The van der Waals surface area contributed by atoms with Crippen LogP contribution in [0.5, 0.6) is 0 Å². The fourth-order valence-corrected chi connectivity index (χ4v) is 4.73. The summed E-state index contributed by atoms with van der Waals surface area (Å²) in [5, 5.41) is 1.67. The van der Waals surface area contributed by atoms with Crippen LogP contribution in [0.2, 0.25) is 5.02 Å². The third-order valence-corrected chi connectivity index (χ3v) is 6.86. The van der Waals surface area contributed by atoms with E-state index in [4.69, 9.17) is 25.4 Å². The number of halogens is 1. The Kier molecular flexibility index (Phi) is 6.55. The molecule has 176 valence electrons. The molecule has 0 aliphatic carbocycles. The first-order valence-electron chi connectivity index (χ1n) is 11.7. The molecule has 0 spiro atoms. The summed E-state index contributed by atoms with van der Waals surface area (Å²) in [7, 11) is 0. The highest BCUT2D eigenvalue weighted by atomic mass is 35.5. The molecule has 1 fully saturated rings. The van der Waals surface area contributed by atoms with Crippen LogP contribution in [-0.4, -0.2) is 41.0 Å². The number of hydrogen-bond acceptors (Lipinski definition) is 6. The molecular formula is C27H28ClN3O3. The first kappa shape index (κ1) is 22.8. The van der Waals surface area contributed by atoms with E-state index in [9.17, 15) is 4.79 Å². The van der Waals surface area contributed by atoms with Crippen molar-refractivity contribution in [3.8, 4) is 11.5 Å². The molecule has 0 bridgehead atoms. The smallest absolute Gasteiger partial charge is 0.336 e. The molecule has 2 aromatic heterocycles. The lowest BCUT2D eigenvalue weighted by Crippen LogP contribution is -2.45. The Morgan fingerprint density at radius 3 is 2.44 bits per heavy atom. The lowest BCUT2D eigenvalue weighted by molar-refractivity contribution is 0.121. The predicted octanol–water partition coefficient (Wildman–Crippen LogP) is 5.29. The van der Waals surface area contributed by atoms with Crippen LogP contribution in [-0.2, 0) is 19.5 Å². The van der Waals surface area contributed by atoms with Gasteiger partial charge in [0.05, 0.1) is 16.3 Å². The molecule has 34 heavy (non-hydrogen) atoms. The summed E-state index contributed by atoms with van der Waals surface area (Å²) in [6.07, 6.45) is 0.951. The Morgan fingerprint density at radius 2 is 1.71 bits per heavy atom. The highest BCUT2D eigenvalue weighted by molar-refractivity contribution is 6.33. The average Bonchev–Trinajstić information content (AvgIpc) is 3.20. The van der Waals surface area contributed by atoms with Gasteiger partial charge in [0.2, 0.25) is 5.89 Å². The second-order valence-corrected chi connectivity index (χ2v) is 9.24. The van der Waals surface area contributed by atoms with E-state index in [0.29, 0.717) is 16.5 Å². The first-order chi connectivity index (χ1) is 16.5. The van der Waals surface area contributed by atoms with E-state index in [1.54, 1.807) is 6.07 Å². The monoisotopic (exact) mass is 477 g/mol. The van der Waals surface area contributed by atoms with Crippen LogP contribution in [0.1, 0.15) is 29.5 Å². The molecule has 0 unspecified atom stereocenters. The summed E-state index contributed by atoms with van der Waals surface area (Å²) in [5.74, 6) is 1.39. The number of rotatable bonds is 6. The van der Waals surface area contributed by atoms with Crippen LogP contribution in [0.4, 0.5) is 0 Å². The van der Waals surface area contributed by atoms with E-state index < -0.39 is 0 Å². The Labute approximate surface area is 203 Å². The molecule has 1 aliphatic rings. The number of aromatic nitrogens is 1. The van der Waals surface area contributed by atoms with Gasteiger partial charge in [-0.3, -0.25) is 9.80 Å². The van der Waals surface area contributed by atoms with E-state index in [0.717, 1.165) is 73.7 Å². The maximum absolute atomic E-state index is 12.1. The van der Waals surface area contributed by atoms with Crippen LogP contribution in [0, 0.1) is 6.92 Å². The van der Waals surface area contributed by atoms with Gasteiger partial charge in [-0.05, 0) is 48.7 Å². The van der Waals surface area contributed by atoms with Crippen LogP contribution < -0.4 is 5.63 Å². The number of piperazine rings is 1. The summed E-state index contributed by atoms with van der Waals surface area (Å²) >= 11 is 6.32. The van der Waals surface area contributed by atoms with Gasteiger partial charge in [0.25, 0.3) is 0 Å². The van der Waals surface area contributed by atoms with Crippen molar-refractivity contribution in [3.63, 3.8) is 0 Å². The van der Waals surface area contributed by atoms with Crippen molar-refractivity contribution in [3.05, 3.63) is 86.6 Å². The minimum atomic E-state index is -0.291. The van der Waals surface area contributed by atoms with Crippen molar-refractivity contribution in [2.45, 2.75) is 33.4 Å². The maximum Gasteiger partial charge on any atom is 0.336 e. The molecule has 0 amide bonds. The summed E-state index contributed by atoms with van der Waals surface area (Å²) in [6.45, 7) is 9.25. The molecule has 0 saturated carbocycles. The standard InChI is InChI=1S/C27H28ClN3O3/c1-3-19-8-9-25-22(14-19)20(15-26(32)34-25)16-30-10-12-31(13-11-30)17-24-18(2)33-27(29-24)21-6-4-5-7-23(21)28/h4-9,14-15H,3,10-13,16-17H2,1-2H3. The van der Waals surface area contributed by atoms with E-state index >= 15 is 0 Å². The van der Waals surface area contributed by atoms with Gasteiger partial charge in [0, 0.05) is 50.7 Å². The molecule has 2 aromatic carbocycles. The van der Waals surface area contributed by atoms with Crippen LogP contribution in [0.25, 0.3) is 22.4 Å². The Morgan fingerprint density at radius 1 is 0.971 bits per heavy atom. The quantitative estimate of drug-likeness (QED) is 0.351. The Hall–Kier alpha value is -2.93. The van der Waals surface area contributed by atoms with Gasteiger partial charge in [0.15, 0.2) is 0 Å². The highest BCUT2D eigenvalue weighted by Gasteiger charge is 2.21.